The Hall–Kier alpha value is -3.35. The molecule has 0 radical (unpaired) electrons. The van der Waals surface area contributed by atoms with E-state index in [1.165, 1.54) is 0 Å². The molecule has 4 rings (SSSR count). The summed E-state index contributed by atoms with van der Waals surface area (Å²) in [7, 11) is 0. The monoisotopic (exact) mass is 449 g/mol. The van der Waals surface area contributed by atoms with Gasteiger partial charge in [0.1, 0.15) is 6.04 Å². The Labute approximate surface area is 194 Å². The highest BCUT2D eigenvalue weighted by Crippen LogP contribution is 2.43. The Morgan fingerprint density at radius 3 is 2.36 bits per heavy atom. The zero-order valence-corrected chi connectivity index (χ0v) is 19.2. The van der Waals surface area contributed by atoms with E-state index < -0.39 is 17.6 Å². The van der Waals surface area contributed by atoms with Gasteiger partial charge in [0.05, 0.1) is 5.41 Å². The number of fused-ring (bicyclic) bond motifs is 1. The molecule has 0 spiro atoms. The average Bonchev–Trinajstić information content (AvgIpc) is 3.02. The fourth-order valence-corrected chi connectivity index (χ4v) is 5.03. The summed E-state index contributed by atoms with van der Waals surface area (Å²) in [6.45, 7) is 4.92. The molecule has 0 bridgehead atoms. The van der Waals surface area contributed by atoms with Crippen LogP contribution in [-0.2, 0) is 21.4 Å². The van der Waals surface area contributed by atoms with Crippen molar-refractivity contribution in [1.29, 1.82) is 0 Å². The lowest BCUT2D eigenvalue weighted by Gasteiger charge is -2.38. The van der Waals surface area contributed by atoms with E-state index in [1.807, 2.05) is 73.3 Å². The summed E-state index contributed by atoms with van der Waals surface area (Å²) >= 11 is 0. The summed E-state index contributed by atoms with van der Waals surface area (Å²) in [5.41, 5.74) is 2.51. The van der Waals surface area contributed by atoms with Crippen LogP contribution in [0.25, 0.3) is 0 Å². The summed E-state index contributed by atoms with van der Waals surface area (Å²) in [5, 5.41) is 11.7. The minimum absolute atomic E-state index is 0.0275. The van der Waals surface area contributed by atoms with E-state index in [9.17, 15) is 19.5 Å². The Bertz CT molecular complexity index is 1030. The Kier molecular flexibility index (Phi) is 6.40. The summed E-state index contributed by atoms with van der Waals surface area (Å²) in [5.74, 6) is -0.0954. The van der Waals surface area contributed by atoms with Crippen LogP contribution in [0.5, 0.6) is 0 Å². The summed E-state index contributed by atoms with van der Waals surface area (Å²) in [4.78, 5) is 41.4. The molecule has 1 atom stereocenters. The zero-order valence-electron chi connectivity index (χ0n) is 19.2. The highest BCUT2D eigenvalue weighted by molar-refractivity contribution is 6.08. The number of hydrogen-bond donors (Lipinski definition) is 2. The number of anilines is 1. The molecule has 2 aliphatic heterocycles. The number of nitrogens with zero attached hydrogens (tertiary/aromatic N) is 2. The van der Waals surface area contributed by atoms with Gasteiger partial charge in [-0.15, -0.1) is 0 Å². The minimum Gasteiger partial charge on any atom is -0.465 e. The second-order valence-corrected chi connectivity index (χ2v) is 9.40. The first-order valence-electron chi connectivity index (χ1n) is 11.5. The molecule has 2 aromatic rings. The highest BCUT2D eigenvalue weighted by Gasteiger charge is 2.46. The smallest absolute Gasteiger partial charge is 0.405 e. The van der Waals surface area contributed by atoms with Gasteiger partial charge in [-0.05, 0) is 56.7 Å². The molecule has 1 unspecified atom stereocenters. The lowest BCUT2D eigenvalue weighted by molar-refractivity contribution is -0.134. The van der Waals surface area contributed by atoms with Gasteiger partial charge in [0.15, 0.2) is 0 Å². The van der Waals surface area contributed by atoms with Crippen LogP contribution in [0.15, 0.2) is 54.6 Å². The van der Waals surface area contributed by atoms with Gasteiger partial charge in [0, 0.05) is 24.8 Å². The number of rotatable bonds is 6. The van der Waals surface area contributed by atoms with Crippen molar-refractivity contribution in [3.8, 4) is 0 Å². The normalized spacial score (nSPS) is 18.7. The first kappa shape index (κ1) is 22.8. The third-order valence-corrected chi connectivity index (χ3v) is 6.89. The minimum atomic E-state index is -1.20. The van der Waals surface area contributed by atoms with Crippen LogP contribution in [0.4, 0.5) is 10.5 Å². The average molecular weight is 450 g/mol. The lowest BCUT2D eigenvalue weighted by Crippen LogP contribution is -2.54. The number of piperidine rings is 1. The van der Waals surface area contributed by atoms with Gasteiger partial charge in [-0.1, -0.05) is 48.5 Å². The van der Waals surface area contributed by atoms with Crippen LogP contribution >= 0.6 is 0 Å². The first-order valence-corrected chi connectivity index (χ1v) is 11.5. The molecule has 2 heterocycles. The molecule has 7 nitrogen and oxygen atoms in total. The van der Waals surface area contributed by atoms with Crippen molar-refractivity contribution in [2.75, 3.05) is 18.0 Å². The predicted octanol–water partition coefficient (Wildman–Crippen LogP) is 3.57. The third-order valence-electron chi connectivity index (χ3n) is 6.89. The van der Waals surface area contributed by atoms with Crippen LogP contribution in [0, 0.1) is 0 Å². The maximum atomic E-state index is 13.2. The number of hydrogen-bond acceptors (Lipinski definition) is 3. The van der Waals surface area contributed by atoms with Crippen LogP contribution in [0.3, 0.4) is 0 Å². The third kappa shape index (κ3) is 4.58. The van der Waals surface area contributed by atoms with E-state index in [2.05, 4.69) is 5.32 Å². The van der Waals surface area contributed by atoms with E-state index >= 15 is 0 Å². The second kappa shape index (κ2) is 9.25. The van der Waals surface area contributed by atoms with Gasteiger partial charge in [-0.3, -0.25) is 9.59 Å². The molecule has 0 aromatic heterocycles. The number of carbonyl (C=O) groups is 3. The maximum absolute atomic E-state index is 13.2. The number of aryl methyl sites for hydroxylation is 1. The van der Waals surface area contributed by atoms with Crippen molar-refractivity contribution in [3.05, 3.63) is 65.7 Å². The largest absolute Gasteiger partial charge is 0.465 e. The quantitative estimate of drug-likeness (QED) is 0.706. The van der Waals surface area contributed by atoms with E-state index in [-0.39, 0.29) is 17.9 Å². The number of likely N-dealkylation sites (tertiary alicyclic amines) is 1. The summed E-state index contributed by atoms with van der Waals surface area (Å²) in [6.07, 6.45) is 1.15. The van der Waals surface area contributed by atoms with E-state index in [4.69, 9.17) is 0 Å². The van der Waals surface area contributed by atoms with Gasteiger partial charge in [0.25, 0.3) is 0 Å². The van der Waals surface area contributed by atoms with Crippen LogP contribution < -0.4 is 10.2 Å². The molecule has 1 saturated heterocycles. The van der Waals surface area contributed by atoms with Gasteiger partial charge in [0.2, 0.25) is 11.8 Å². The van der Waals surface area contributed by atoms with Gasteiger partial charge in [-0.25, -0.2) is 4.79 Å². The van der Waals surface area contributed by atoms with Crippen LogP contribution in [0.2, 0.25) is 0 Å². The molecule has 2 N–H and O–H groups in total. The topological polar surface area (TPSA) is 90.0 Å². The molecule has 174 valence electrons. The number of carbonyl (C=O) groups excluding carboxylic acids is 2. The fourth-order valence-electron chi connectivity index (χ4n) is 5.03. The summed E-state index contributed by atoms with van der Waals surface area (Å²) < 4.78 is 0. The molecule has 2 aromatic carbocycles. The highest BCUT2D eigenvalue weighted by atomic mass is 16.4. The lowest BCUT2D eigenvalue weighted by atomic mass is 9.86. The molecular weight excluding hydrogens is 418 g/mol. The van der Waals surface area contributed by atoms with Gasteiger partial charge < -0.3 is 20.2 Å². The number of benzene rings is 2. The van der Waals surface area contributed by atoms with Crippen LogP contribution in [0.1, 0.15) is 44.2 Å². The Balaban J connectivity index is 1.41. The molecule has 3 amide bonds. The van der Waals surface area contributed by atoms with Crippen LogP contribution in [-0.4, -0.2) is 53.1 Å². The Morgan fingerprint density at radius 1 is 1.06 bits per heavy atom. The van der Waals surface area contributed by atoms with Crippen molar-refractivity contribution in [2.24, 2.45) is 0 Å². The Morgan fingerprint density at radius 2 is 1.70 bits per heavy atom. The predicted molar refractivity (Wildman–Crippen MR) is 126 cm³/mol. The van der Waals surface area contributed by atoms with Crippen molar-refractivity contribution >= 4 is 23.6 Å². The number of nitrogens with one attached hydrogen (secondary N) is 1. The van der Waals surface area contributed by atoms with E-state index in [0.717, 1.165) is 16.8 Å². The molecule has 0 saturated carbocycles. The first-order chi connectivity index (χ1) is 15.8. The van der Waals surface area contributed by atoms with Gasteiger partial charge >= 0.3 is 6.09 Å². The zero-order chi connectivity index (χ0) is 23.6. The second-order valence-electron chi connectivity index (χ2n) is 9.40. The SMILES string of the molecule is CC1(C)C(=O)N(C2CCN(C(=O)C(CCc3ccccc3)NC(=O)O)CC2)c2ccccc21. The van der Waals surface area contributed by atoms with E-state index in [0.29, 0.717) is 38.8 Å². The molecule has 33 heavy (non-hydrogen) atoms. The maximum Gasteiger partial charge on any atom is 0.405 e. The van der Waals surface area contributed by atoms with Crippen molar-refractivity contribution in [2.45, 2.75) is 57.0 Å². The van der Waals surface area contributed by atoms with Crippen molar-refractivity contribution in [1.82, 2.24) is 10.2 Å². The molecule has 0 aliphatic carbocycles. The fraction of sp³-hybridized carbons (Fsp3) is 0.423. The van der Waals surface area contributed by atoms with E-state index in [1.54, 1.807) is 4.90 Å². The number of para-hydroxylation sites is 1. The summed E-state index contributed by atoms with van der Waals surface area (Å²) in [6, 6.07) is 16.9. The number of amides is 3. The number of carboxylic acid groups (broad SMARTS) is 1. The van der Waals surface area contributed by atoms with Gasteiger partial charge in [-0.2, -0.15) is 0 Å². The van der Waals surface area contributed by atoms with Crippen molar-refractivity contribution in [3.63, 3.8) is 0 Å². The molecular formula is C26H31N3O4. The molecule has 7 heteroatoms. The molecule has 1 fully saturated rings. The van der Waals surface area contributed by atoms with Crippen molar-refractivity contribution < 1.29 is 19.5 Å². The standard InChI is InChI=1S/C26H31N3O4/c1-26(2)20-10-6-7-11-22(20)29(24(26)31)19-14-16-28(17-15-19)23(30)21(27-25(32)33)13-12-18-8-4-3-5-9-18/h3-11,19,21,27H,12-17H2,1-2H3,(H,32,33). The molecule has 2 aliphatic rings.